The number of epoxide rings is 1. The monoisotopic (exact) mass is 421 g/mol. The summed E-state index contributed by atoms with van der Waals surface area (Å²) in [7, 11) is 1.43. The van der Waals surface area contributed by atoms with Crippen LogP contribution in [0.2, 0.25) is 0 Å². The van der Waals surface area contributed by atoms with Gasteiger partial charge in [0.2, 0.25) is 11.8 Å². The standard InChI is InChI=1S/C15H27N3O5.C7H8/c1-9(2)5-11(13(20)15(3)8-23-15)18-12(19)6-17-14(21)10(16)7-22-4;1-7-5-3-2-4-6-7/h9-11H,5-8,16H2,1-4H3,(H,17,21)(H,18,19);2-6H,1H3. The fraction of sp³-hybridized carbons (Fsp3) is 0.591. The number of Topliss-reactive ketones (excluding diaryl/α,β-unsaturated/α-hetero) is 1. The van der Waals surface area contributed by atoms with E-state index in [1.807, 2.05) is 32.0 Å². The molecule has 1 aromatic rings. The summed E-state index contributed by atoms with van der Waals surface area (Å²) in [6.07, 6.45) is 0.515. The van der Waals surface area contributed by atoms with Crippen LogP contribution in [0.25, 0.3) is 0 Å². The van der Waals surface area contributed by atoms with Gasteiger partial charge < -0.3 is 25.8 Å². The minimum Gasteiger partial charge on any atom is -0.383 e. The normalized spacial score (nSPS) is 19.2. The van der Waals surface area contributed by atoms with E-state index in [1.54, 1.807) is 6.92 Å². The first kappa shape index (κ1) is 25.7. The molecule has 1 heterocycles. The molecule has 8 heteroatoms. The lowest BCUT2D eigenvalue weighted by Gasteiger charge is -2.21. The van der Waals surface area contributed by atoms with Gasteiger partial charge in [-0.2, -0.15) is 0 Å². The van der Waals surface area contributed by atoms with Crippen LogP contribution >= 0.6 is 0 Å². The quantitative estimate of drug-likeness (QED) is 0.484. The van der Waals surface area contributed by atoms with E-state index in [1.165, 1.54) is 12.7 Å². The third-order valence-electron chi connectivity index (χ3n) is 4.50. The molecular weight excluding hydrogens is 386 g/mol. The number of ether oxygens (including phenoxy) is 2. The largest absolute Gasteiger partial charge is 0.383 e. The number of aryl methyl sites for hydroxylation is 1. The number of hydrogen-bond acceptors (Lipinski definition) is 6. The number of carbonyl (C=O) groups is 3. The maximum Gasteiger partial charge on any atom is 0.239 e. The zero-order valence-electron chi connectivity index (χ0n) is 18.6. The Bertz CT molecular complexity index is 689. The summed E-state index contributed by atoms with van der Waals surface area (Å²) < 4.78 is 9.93. The van der Waals surface area contributed by atoms with E-state index in [9.17, 15) is 14.4 Å². The minimum atomic E-state index is -0.834. The zero-order valence-corrected chi connectivity index (χ0v) is 18.6. The smallest absolute Gasteiger partial charge is 0.239 e. The summed E-state index contributed by atoms with van der Waals surface area (Å²) >= 11 is 0. The second-order valence-electron chi connectivity index (χ2n) is 8.07. The molecule has 1 aliphatic rings. The second kappa shape index (κ2) is 12.4. The van der Waals surface area contributed by atoms with Gasteiger partial charge >= 0.3 is 0 Å². The van der Waals surface area contributed by atoms with Crippen molar-refractivity contribution >= 4 is 17.6 Å². The van der Waals surface area contributed by atoms with Crippen LogP contribution in [-0.4, -0.2) is 62.2 Å². The molecule has 2 amide bonds. The van der Waals surface area contributed by atoms with Crippen molar-refractivity contribution < 1.29 is 23.9 Å². The Balaban J connectivity index is 0.000000539. The molecule has 3 atom stereocenters. The molecule has 1 aromatic carbocycles. The third kappa shape index (κ3) is 9.47. The summed E-state index contributed by atoms with van der Waals surface area (Å²) in [5.74, 6) is -0.823. The van der Waals surface area contributed by atoms with Crippen molar-refractivity contribution in [2.75, 3.05) is 26.9 Å². The number of benzene rings is 1. The predicted octanol–water partition coefficient (Wildman–Crippen LogP) is 0.960. The van der Waals surface area contributed by atoms with Crippen LogP contribution in [-0.2, 0) is 23.9 Å². The van der Waals surface area contributed by atoms with Gasteiger partial charge in [-0.3, -0.25) is 14.4 Å². The number of amides is 2. The first-order valence-corrected chi connectivity index (χ1v) is 10.1. The predicted molar refractivity (Wildman–Crippen MR) is 115 cm³/mol. The van der Waals surface area contributed by atoms with Gasteiger partial charge in [-0.05, 0) is 26.2 Å². The molecule has 8 nitrogen and oxygen atoms in total. The average Bonchev–Trinajstić information content (AvgIpc) is 3.44. The van der Waals surface area contributed by atoms with E-state index in [4.69, 9.17) is 15.2 Å². The van der Waals surface area contributed by atoms with Gasteiger partial charge in [0.15, 0.2) is 5.78 Å². The lowest BCUT2D eigenvalue weighted by atomic mass is 9.93. The van der Waals surface area contributed by atoms with Crippen LogP contribution in [0.5, 0.6) is 0 Å². The minimum absolute atomic E-state index is 0.0671. The van der Waals surface area contributed by atoms with Crippen molar-refractivity contribution in [2.24, 2.45) is 11.7 Å². The molecule has 0 saturated carbocycles. The molecule has 0 bridgehead atoms. The number of nitrogens with two attached hydrogens (primary N) is 1. The van der Waals surface area contributed by atoms with E-state index in [0.29, 0.717) is 13.0 Å². The fourth-order valence-electron chi connectivity index (χ4n) is 2.66. The van der Waals surface area contributed by atoms with Gasteiger partial charge in [0.25, 0.3) is 0 Å². The second-order valence-corrected chi connectivity index (χ2v) is 8.07. The highest BCUT2D eigenvalue weighted by Crippen LogP contribution is 2.29. The molecule has 168 valence electrons. The molecule has 1 fully saturated rings. The van der Waals surface area contributed by atoms with Gasteiger partial charge in [0, 0.05) is 7.11 Å². The molecule has 1 saturated heterocycles. The van der Waals surface area contributed by atoms with E-state index in [0.717, 1.165) is 0 Å². The van der Waals surface area contributed by atoms with Crippen molar-refractivity contribution in [2.45, 2.75) is 51.8 Å². The molecular formula is C22H35N3O5. The highest BCUT2D eigenvalue weighted by molar-refractivity contribution is 5.97. The third-order valence-corrected chi connectivity index (χ3v) is 4.50. The number of methoxy groups -OCH3 is 1. The van der Waals surface area contributed by atoms with Crippen LogP contribution in [0.3, 0.4) is 0 Å². The van der Waals surface area contributed by atoms with Gasteiger partial charge in [-0.15, -0.1) is 0 Å². The van der Waals surface area contributed by atoms with Crippen molar-refractivity contribution in [1.29, 1.82) is 0 Å². The summed E-state index contributed by atoms with van der Waals surface area (Å²) in [5.41, 5.74) is 6.08. The molecule has 0 aromatic heterocycles. The molecule has 2 rings (SSSR count). The van der Waals surface area contributed by atoms with Crippen LogP contribution in [0.1, 0.15) is 32.8 Å². The van der Waals surface area contributed by atoms with Crippen LogP contribution in [0, 0.1) is 12.8 Å². The lowest BCUT2D eigenvalue weighted by molar-refractivity contribution is -0.131. The van der Waals surface area contributed by atoms with Crippen molar-refractivity contribution in [1.82, 2.24) is 10.6 Å². The maximum absolute atomic E-state index is 12.4. The Morgan fingerprint density at radius 1 is 1.23 bits per heavy atom. The topological polar surface area (TPSA) is 123 Å². The number of hydrogen-bond donors (Lipinski definition) is 3. The summed E-state index contributed by atoms with van der Waals surface area (Å²) in [6.45, 7) is 7.93. The Hall–Kier alpha value is -2.29. The molecule has 0 aliphatic carbocycles. The molecule has 1 aliphatic heterocycles. The van der Waals surface area contributed by atoms with E-state index in [2.05, 4.69) is 29.7 Å². The van der Waals surface area contributed by atoms with Crippen LogP contribution in [0.15, 0.2) is 30.3 Å². The zero-order chi connectivity index (χ0) is 22.7. The summed E-state index contributed by atoms with van der Waals surface area (Å²) in [6, 6.07) is 8.80. The van der Waals surface area contributed by atoms with Crippen LogP contribution < -0.4 is 16.4 Å². The van der Waals surface area contributed by atoms with E-state index >= 15 is 0 Å². The van der Waals surface area contributed by atoms with Crippen molar-refractivity contribution in [3.05, 3.63) is 35.9 Å². The Labute approximate surface area is 178 Å². The summed E-state index contributed by atoms with van der Waals surface area (Å²) in [5, 5.41) is 5.09. The van der Waals surface area contributed by atoms with Crippen molar-refractivity contribution in [3.63, 3.8) is 0 Å². The van der Waals surface area contributed by atoms with Gasteiger partial charge in [0.1, 0.15) is 11.6 Å². The Morgan fingerprint density at radius 2 is 1.83 bits per heavy atom. The highest BCUT2D eigenvalue weighted by Gasteiger charge is 2.50. The fourth-order valence-corrected chi connectivity index (χ4v) is 2.66. The number of ketones is 1. The summed E-state index contributed by atoms with van der Waals surface area (Å²) in [4.78, 5) is 36.0. The molecule has 4 N–H and O–H groups in total. The molecule has 3 unspecified atom stereocenters. The Kier molecular flexibility index (Phi) is 10.7. The number of nitrogens with one attached hydrogen (secondary N) is 2. The molecule has 0 spiro atoms. The lowest BCUT2D eigenvalue weighted by Crippen LogP contribution is -2.51. The number of rotatable bonds is 10. The molecule has 30 heavy (non-hydrogen) atoms. The van der Waals surface area contributed by atoms with Gasteiger partial charge in [-0.1, -0.05) is 49.7 Å². The molecule has 0 radical (unpaired) electrons. The van der Waals surface area contributed by atoms with E-state index < -0.39 is 29.5 Å². The van der Waals surface area contributed by atoms with Gasteiger partial charge in [0.05, 0.1) is 25.8 Å². The number of carbonyl (C=O) groups excluding carboxylic acids is 3. The first-order valence-electron chi connectivity index (χ1n) is 10.1. The van der Waals surface area contributed by atoms with E-state index in [-0.39, 0.29) is 24.9 Å². The van der Waals surface area contributed by atoms with Crippen molar-refractivity contribution in [3.8, 4) is 0 Å². The first-order chi connectivity index (χ1) is 14.1. The highest BCUT2D eigenvalue weighted by atomic mass is 16.6. The maximum atomic E-state index is 12.4. The SMILES string of the molecule is COCC(N)C(=O)NCC(=O)NC(CC(C)C)C(=O)C1(C)CO1.Cc1ccccc1. The van der Waals surface area contributed by atoms with Crippen LogP contribution in [0.4, 0.5) is 0 Å². The average molecular weight is 422 g/mol. The Morgan fingerprint density at radius 3 is 2.27 bits per heavy atom. The van der Waals surface area contributed by atoms with Gasteiger partial charge in [-0.25, -0.2) is 0 Å².